The van der Waals surface area contributed by atoms with Gasteiger partial charge >= 0.3 is 0 Å². The topological polar surface area (TPSA) is 64.3 Å². The van der Waals surface area contributed by atoms with Gasteiger partial charge in [-0.25, -0.2) is 4.98 Å². The van der Waals surface area contributed by atoms with Crippen molar-refractivity contribution in [3.8, 4) is 5.88 Å². The molecule has 0 bridgehead atoms. The number of nitrogens with zero attached hydrogens (tertiary/aromatic N) is 3. The Morgan fingerprint density at radius 1 is 1.37 bits per heavy atom. The van der Waals surface area contributed by atoms with Crippen LogP contribution < -0.4 is 15.4 Å². The largest absolute Gasteiger partial charge is 0.475 e. The van der Waals surface area contributed by atoms with E-state index in [4.69, 9.17) is 10.5 Å². The first-order chi connectivity index (χ1) is 8.96. The molecule has 1 aromatic heterocycles. The van der Waals surface area contributed by atoms with Crippen molar-refractivity contribution < 1.29 is 4.74 Å². The first-order valence-corrected chi connectivity index (χ1v) is 7.02. The van der Waals surface area contributed by atoms with Crippen LogP contribution in [0.25, 0.3) is 0 Å². The second-order valence-corrected chi connectivity index (χ2v) is 6.18. The van der Waals surface area contributed by atoms with Crippen molar-refractivity contribution in [2.75, 3.05) is 18.0 Å². The number of aromatic nitrogens is 2. The number of ether oxygens (including phenoxy) is 1. The quantitative estimate of drug-likeness (QED) is 0.891. The molecule has 0 amide bonds. The molecule has 1 saturated heterocycles. The van der Waals surface area contributed by atoms with Gasteiger partial charge in [-0.1, -0.05) is 0 Å². The van der Waals surface area contributed by atoms with Crippen LogP contribution in [0, 0.1) is 12.8 Å². The zero-order valence-corrected chi connectivity index (χ0v) is 11.9. The van der Waals surface area contributed by atoms with Crippen LogP contribution in [-0.2, 0) is 0 Å². The molecule has 5 heteroatoms. The highest BCUT2D eigenvalue weighted by Crippen LogP contribution is 2.43. The van der Waals surface area contributed by atoms with Crippen LogP contribution in [0.5, 0.6) is 5.88 Å². The van der Waals surface area contributed by atoms with E-state index >= 15 is 0 Å². The van der Waals surface area contributed by atoms with E-state index in [9.17, 15) is 0 Å². The highest BCUT2D eigenvalue weighted by molar-refractivity contribution is 5.41. The third-order valence-corrected chi connectivity index (χ3v) is 3.82. The highest BCUT2D eigenvalue weighted by atomic mass is 16.5. The summed E-state index contributed by atoms with van der Waals surface area (Å²) in [6, 6.07) is 1.87. The molecule has 0 radical (unpaired) electrons. The maximum absolute atomic E-state index is 6.36. The molecule has 0 atom stereocenters. The minimum Gasteiger partial charge on any atom is -0.475 e. The fourth-order valence-electron chi connectivity index (χ4n) is 2.69. The lowest BCUT2D eigenvalue weighted by Crippen LogP contribution is -2.69. The zero-order valence-electron chi connectivity index (χ0n) is 11.9. The lowest BCUT2D eigenvalue weighted by atomic mass is 9.86. The molecule has 2 heterocycles. The average molecular weight is 262 g/mol. The van der Waals surface area contributed by atoms with Crippen LogP contribution in [0.4, 0.5) is 5.95 Å². The Bertz CT molecular complexity index is 478. The van der Waals surface area contributed by atoms with Crippen LogP contribution in [-0.4, -0.2) is 34.7 Å². The van der Waals surface area contributed by atoms with Gasteiger partial charge in [0.25, 0.3) is 0 Å². The summed E-state index contributed by atoms with van der Waals surface area (Å²) in [6.07, 6.45) is 2.68. The molecule has 1 aliphatic heterocycles. The summed E-state index contributed by atoms with van der Waals surface area (Å²) in [5.41, 5.74) is 7.29. The molecule has 0 unspecified atom stereocenters. The first-order valence-electron chi connectivity index (χ1n) is 7.02. The highest BCUT2D eigenvalue weighted by Gasteiger charge is 2.51. The van der Waals surface area contributed by atoms with E-state index in [1.54, 1.807) is 0 Å². The van der Waals surface area contributed by atoms with Crippen molar-refractivity contribution in [1.82, 2.24) is 9.97 Å². The van der Waals surface area contributed by atoms with Gasteiger partial charge in [0.15, 0.2) is 0 Å². The molecule has 104 valence electrons. The molecule has 0 aromatic carbocycles. The number of aryl methyl sites for hydroxylation is 1. The summed E-state index contributed by atoms with van der Waals surface area (Å²) in [5.74, 6) is 2.11. The standard InChI is InChI=1S/C14H22N4O/c1-9(2)19-12-6-10(3)16-13(17-12)18-7-14(15,8-18)11-4-5-11/h6,9,11H,4-5,7-8,15H2,1-3H3. The summed E-state index contributed by atoms with van der Waals surface area (Å²) < 4.78 is 5.66. The lowest BCUT2D eigenvalue weighted by molar-refractivity contribution is 0.230. The third-order valence-electron chi connectivity index (χ3n) is 3.82. The van der Waals surface area contributed by atoms with Crippen molar-refractivity contribution in [2.24, 2.45) is 11.7 Å². The number of hydrogen-bond donors (Lipinski definition) is 1. The summed E-state index contributed by atoms with van der Waals surface area (Å²) in [7, 11) is 0. The smallest absolute Gasteiger partial charge is 0.228 e. The summed E-state index contributed by atoms with van der Waals surface area (Å²) in [6.45, 7) is 7.69. The second-order valence-electron chi connectivity index (χ2n) is 6.18. The van der Waals surface area contributed by atoms with Crippen LogP contribution in [0.3, 0.4) is 0 Å². The Morgan fingerprint density at radius 2 is 2.05 bits per heavy atom. The minimum absolute atomic E-state index is 0.00776. The van der Waals surface area contributed by atoms with Crippen molar-refractivity contribution in [3.05, 3.63) is 11.8 Å². The molecule has 3 rings (SSSR count). The van der Waals surface area contributed by atoms with E-state index in [-0.39, 0.29) is 11.6 Å². The van der Waals surface area contributed by atoms with Crippen LogP contribution in [0.2, 0.25) is 0 Å². The average Bonchev–Trinajstić information content (AvgIpc) is 3.06. The first kappa shape index (κ1) is 12.7. The van der Waals surface area contributed by atoms with Crippen molar-refractivity contribution in [2.45, 2.75) is 45.3 Å². The van der Waals surface area contributed by atoms with Gasteiger partial charge < -0.3 is 15.4 Å². The summed E-state index contributed by atoms with van der Waals surface area (Å²) >= 11 is 0. The summed E-state index contributed by atoms with van der Waals surface area (Å²) in [4.78, 5) is 11.1. The maximum Gasteiger partial charge on any atom is 0.228 e. The predicted octanol–water partition coefficient (Wildman–Crippen LogP) is 1.50. The molecule has 1 aliphatic carbocycles. The molecule has 1 aromatic rings. The van der Waals surface area contributed by atoms with Gasteiger partial charge in [-0.3, -0.25) is 0 Å². The van der Waals surface area contributed by atoms with Crippen LogP contribution >= 0.6 is 0 Å². The van der Waals surface area contributed by atoms with E-state index < -0.39 is 0 Å². The zero-order chi connectivity index (χ0) is 13.6. The third kappa shape index (κ3) is 2.52. The molecular weight excluding hydrogens is 240 g/mol. The van der Waals surface area contributed by atoms with Gasteiger partial charge in [0.05, 0.1) is 11.6 Å². The number of hydrogen-bond acceptors (Lipinski definition) is 5. The van der Waals surface area contributed by atoms with E-state index in [0.29, 0.717) is 11.8 Å². The fraction of sp³-hybridized carbons (Fsp3) is 0.714. The molecule has 0 spiro atoms. The number of anilines is 1. The maximum atomic E-state index is 6.36. The molecule has 2 fully saturated rings. The van der Waals surface area contributed by atoms with Crippen molar-refractivity contribution in [3.63, 3.8) is 0 Å². The molecule has 5 nitrogen and oxygen atoms in total. The van der Waals surface area contributed by atoms with Gasteiger partial charge in [-0.15, -0.1) is 0 Å². The Hall–Kier alpha value is -1.36. The monoisotopic (exact) mass is 262 g/mol. The molecule has 1 saturated carbocycles. The normalized spacial score (nSPS) is 21.4. The van der Waals surface area contributed by atoms with E-state index in [2.05, 4.69) is 14.9 Å². The Kier molecular flexibility index (Phi) is 2.89. The Morgan fingerprint density at radius 3 is 2.63 bits per heavy atom. The SMILES string of the molecule is Cc1cc(OC(C)C)nc(N2CC(N)(C3CC3)C2)n1. The van der Waals surface area contributed by atoms with Gasteiger partial charge in [0.2, 0.25) is 11.8 Å². The van der Waals surface area contributed by atoms with Crippen molar-refractivity contribution >= 4 is 5.95 Å². The lowest BCUT2D eigenvalue weighted by Gasteiger charge is -2.48. The predicted molar refractivity (Wildman–Crippen MR) is 74.4 cm³/mol. The van der Waals surface area contributed by atoms with Gasteiger partial charge in [0.1, 0.15) is 0 Å². The molecule has 2 aliphatic rings. The van der Waals surface area contributed by atoms with Gasteiger partial charge in [0, 0.05) is 24.8 Å². The number of nitrogens with two attached hydrogens (primary N) is 1. The molecular formula is C14H22N4O. The minimum atomic E-state index is -0.00776. The van der Waals surface area contributed by atoms with Crippen molar-refractivity contribution in [1.29, 1.82) is 0 Å². The fourth-order valence-corrected chi connectivity index (χ4v) is 2.69. The summed E-state index contributed by atoms with van der Waals surface area (Å²) in [5, 5.41) is 0. The van der Waals surface area contributed by atoms with E-state index in [1.807, 2.05) is 26.8 Å². The molecule has 19 heavy (non-hydrogen) atoms. The van der Waals surface area contributed by atoms with E-state index in [0.717, 1.165) is 24.7 Å². The second kappa shape index (κ2) is 4.34. The Labute approximate surface area is 114 Å². The number of rotatable bonds is 4. The Balaban J connectivity index is 1.73. The van der Waals surface area contributed by atoms with E-state index in [1.165, 1.54) is 12.8 Å². The van der Waals surface area contributed by atoms with Crippen LogP contribution in [0.1, 0.15) is 32.4 Å². The van der Waals surface area contributed by atoms with Gasteiger partial charge in [-0.2, -0.15) is 4.98 Å². The molecule has 2 N–H and O–H groups in total. The van der Waals surface area contributed by atoms with Crippen LogP contribution in [0.15, 0.2) is 6.07 Å². The van der Waals surface area contributed by atoms with Gasteiger partial charge in [-0.05, 0) is 39.5 Å².